The summed E-state index contributed by atoms with van der Waals surface area (Å²) in [5.74, 6) is -1.46. The summed E-state index contributed by atoms with van der Waals surface area (Å²) in [6, 6.07) is 24.8. The first-order valence-electron chi connectivity index (χ1n) is 9.39. The zero-order valence-corrected chi connectivity index (χ0v) is 17.7. The number of nitriles is 1. The van der Waals surface area contributed by atoms with Gasteiger partial charge in [-0.15, -0.1) is 11.8 Å². The number of hydrogen-bond donors (Lipinski definition) is 0. The van der Waals surface area contributed by atoms with Crippen molar-refractivity contribution < 1.29 is 8.78 Å². The van der Waals surface area contributed by atoms with Crippen molar-refractivity contribution in [2.75, 3.05) is 0 Å². The van der Waals surface area contributed by atoms with E-state index in [0.29, 0.717) is 32.6 Å². The number of halogens is 3. The SMILES string of the molecule is N#Cc1c(-c2ccccc2)cc(-c2ccccc2Cl)nc1SCc1ccc(F)c(F)c1. The average Bonchev–Trinajstić information content (AvgIpc) is 2.80. The van der Waals surface area contributed by atoms with E-state index in [0.717, 1.165) is 28.8 Å². The molecule has 0 atom stereocenters. The van der Waals surface area contributed by atoms with Crippen molar-refractivity contribution in [1.29, 1.82) is 5.26 Å². The van der Waals surface area contributed by atoms with Crippen LogP contribution in [0.15, 0.2) is 83.9 Å². The van der Waals surface area contributed by atoms with E-state index < -0.39 is 11.6 Å². The van der Waals surface area contributed by atoms with E-state index in [2.05, 4.69) is 6.07 Å². The van der Waals surface area contributed by atoms with Gasteiger partial charge in [0, 0.05) is 21.9 Å². The van der Waals surface area contributed by atoms with Gasteiger partial charge in [0.25, 0.3) is 0 Å². The summed E-state index contributed by atoms with van der Waals surface area (Å²) in [7, 11) is 0. The van der Waals surface area contributed by atoms with Crippen molar-refractivity contribution >= 4 is 23.4 Å². The molecule has 0 amide bonds. The van der Waals surface area contributed by atoms with E-state index in [1.807, 2.05) is 54.6 Å². The number of rotatable bonds is 5. The van der Waals surface area contributed by atoms with Gasteiger partial charge in [-0.05, 0) is 35.4 Å². The van der Waals surface area contributed by atoms with Crippen LogP contribution in [0.2, 0.25) is 5.02 Å². The Balaban J connectivity index is 1.82. The van der Waals surface area contributed by atoms with Crippen LogP contribution in [0.5, 0.6) is 0 Å². The molecule has 1 aromatic heterocycles. The standard InChI is InChI=1S/C25H15ClF2N2S/c26-21-9-5-4-8-18(21)24-13-19(17-6-2-1-3-7-17)20(14-29)25(30-24)31-15-16-10-11-22(27)23(28)12-16/h1-13H,15H2. The van der Waals surface area contributed by atoms with E-state index in [9.17, 15) is 14.0 Å². The third kappa shape index (κ3) is 4.61. The third-order valence-corrected chi connectivity index (χ3v) is 6.07. The first-order chi connectivity index (χ1) is 15.1. The fraction of sp³-hybridized carbons (Fsp3) is 0.0400. The molecule has 0 unspecified atom stereocenters. The quantitative estimate of drug-likeness (QED) is 0.296. The highest BCUT2D eigenvalue weighted by Gasteiger charge is 2.17. The van der Waals surface area contributed by atoms with Gasteiger partial charge < -0.3 is 0 Å². The van der Waals surface area contributed by atoms with Crippen LogP contribution in [0.4, 0.5) is 8.78 Å². The number of pyridine rings is 1. The van der Waals surface area contributed by atoms with Gasteiger partial charge in [0.15, 0.2) is 11.6 Å². The zero-order valence-electron chi connectivity index (χ0n) is 16.1. The first kappa shape index (κ1) is 21.0. The molecular formula is C25H15ClF2N2S. The molecule has 0 aliphatic carbocycles. The molecule has 0 aliphatic heterocycles. The van der Waals surface area contributed by atoms with Crippen molar-refractivity contribution in [2.24, 2.45) is 0 Å². The number of nitrogens with zero attached hydrogens (tertiary/aromatic N) is 2. The van der Waals surface area contributed by atoms with Crippen molar-refractivity contribution in [1.82, 2.24) is 4.98 Å². The number of aromatic nitrogens is 1. The second kappa shape index (κ2) is 9.30. The minimum Gasteiger partial charge on any atom is -0.240 e. The number of hydrogen-bond acceptors (Lipinski definition) is 3. The molecule has 1 heterocycles. The van der Waals surface area contributed by atoms with Crippen LogP contribution in [0.3, 0.4) is 0 Å². The molecule has 0 saturated carbocycles. The predicted molar refractivity (Wildman–Crippen MR) is 121 cm³/mol. The number of thioether (sulfide) groups is 1. The summed E-state index contributed by atoms with van der Waals surface area (Å²) in [5.41, 5.74) is 4.02. The summed E-state index contributed by atoms with van der Waals surface area (Å²) >= 11 is 7.70. The van der Waals surface area contributed by atoms with E-state index in [1.54, 1.807) is 6.07 Å². The molecule has 152 valence electrons. The fourth-order valence-electron chi connectivity index (χ4n) is 3.17. The summed E-state index contributed by atoms with van der Waals surface area (Å²) < 4.78 is 26.8. The largest absolute Gasteiger partial charge is 0.240 e. The Morgan fingerprint density at radius 3 is 2.32 bits per heavy atom. The zero-order chi connectivity index (χ0) is 21.8. The van der Waals surface area contributed by atoms with Crippen molar-refractivity contribution in [3.63, 3.8) is 0 Å². The van der Waals surface area contributed by atoms with Crippen LogP contribution in [-0.2, 0) is 5.75 Å². The Morgan fingerprint density at radius 2 is 1.61 bits per heavy atom. The van der Waals surface area contributed by atoms with E-state index in [4.69, 9.17) is 16.6 Å². The third-order valence-electron chi connectivity index (χ3n) is 4.69. The minimum atomic E-state index is -0.902. The molecule has 0 spiro atoms. The Bertz CT molecular complexity index is 1290. The Morgan fingerprint density at radius 1 is 0.871 bits per heavy atom. The topological polar surface area (TPSA) is 36.7 Å². The van der Waals surface area contributed by atoms with Crippen LogP contribution in [0.25, 0.3) is 22.4 Å². The molecule has 0 aliphatic rings. The smallest absolute Gasteiger partial charge is 0.159 e. The van der Waals surface area contributed by atoms with Crippen molar-refractivity contribution in [2.45, 2.75) is 10.8 Å². The Labute approximate surface area is 188 Å². The van der Waals surface area contributed by atoms with Gasteiger partial charge in [-0.1, -0.05) is 66.2 Å². The summed E-state index contributed by atoms with van der Waals surface area (Å²) in [5, 5.41) is 11.0. The highest BCUT2D eigenvalue weighted by atomic mass is 35.5. The van der Waals surface area contributed by atoms with E-state index in [-0.39, 0.29) is 0 Å². The van der Waals surface area contributed by atoms with Gasteiger partial charge in [0.1, 0.15) is 11.1 Å². The van der Waals surface area contributed by atoms with E-state index in [1.165, 1.54) is 17.8 Å². The molecule has 0 N–H and O–H groups in total. The molecule has 4 aromatic rings. The van der Waals surface area contributed by atoms with Crippen LogP contribution in [-0.4, -0.2) is 4.98 Å². The molecule has 2 nitrogen and oxygen atoms in total. The summed E-state index contributed by atoms with van der Waals surface area (Å²) in [6.45, 7) is 0. The van der Waals surface area contributed by atoms with Crippen LogP contribution < -0.4 is 0 Å². The molecule has 0 fully saturated rings. The lowest BCUT2D eigenvalue weighted by Gasteiger charge is -2.13. The normalized spacial score (nSPS) is 10.6. The monoisotopic (exact) mass is 448 g/mol. The second-order valence-electron chi connectivity index (χ2n) is 6.73. The van der Waals surface area contributed by atoms with Crippen molar-refractivity contribution in [3.05, 3.63) is 107 Å². The average molecular weight is 449 g/mol. The molecule has 31 heavy (non-hydrogen) atoms. The predicted octanol–water partition coefficient (Wildman–Crippen LogP) is 7.51. The minimum absolute atomic E-state index is 0.332. The van der Waals surface area contributed by atoms with Gasteiger partial charge in [0.2, 0.25) is 0 Å². The molecule has 0 saturated heterocycles. The highest BCUT2D eigenvalue weighted by Crippen LogP contribution is 2.37. The van der Waals surface area contributed by atoms with Gasteiger partial charge >= 0.3 is 0 Å². The summed E-state index contributed by atoms with van der Waals surface area (Å²) in [6.07, 6.45) is 0. The summed E-state index contributed by atoms with van der Waals surface area (Å²) in [4.78, 5) is 4.70. The maximum absolute atomic E-state index is 13.6. The molecule has 3 aromatic carbocycles. The van der Waals surface area contributed by atoms with Crippen LogP contribution in [0.1, 0.15) is 11.1 Å². The van der Waals surface area contributed by atoms with Crippen LogP contribution in [0, 0.1) is 23.0 Å². The molecule has 4 rings (SSSR count). The maximum Gasteiger partial charge on any atom is 0.159 e. The van der Waals surface area contributed by atoms with Gasteiger partial charge in [-0.25, -0.2) is 13.8 Å². The van der Waals surface area contributed by atoms with Crippen LogP contribution >= 0.6 is 23.4 Å². The van der Waals surface area contributed by atoms with Crippen molar-refractivity contribution in [3.8, 4) is 28.5 Å². The molecule has 6 heteroatoms. The lowest BCUT2D eigenvalue weighted by Crippen LogP contribution is -1.97. The first-order valence-corrected chi connectivity index (χ1v) is 10.8. The lowest BCUT2D eigenvalue weighted by atomic mass is 9.99. The van der Waals surface area contributed by atoms with Gasteiger partial charge in [0.05, 0.1) is 11.3 Å². The highest BCUT2D eigenvalue weighted by molar-refractivity contribution is 7.98. The van der Waals surface area contributed by atoms with Gasteiger partial charge in [-0.3, -0.25) is 0 Å². The van der Waals surface area contributed by atoms with Gasteiger partial charge in [-0.2, -0.15) is 5.26 Å². The molecule has 0 bridgehead atoms. The number of benzene rings is 3. The molecular weight excluding hydrogens is 434 g/mol. The Kier molecular flexibility index (Phi) is 6.31. The molecule has 0 radical (unpaired) electrons. The van der Waals surface area contributed by atoms with E-state index >= 15 is 0 Å². The Hall–Kier alpha value is -3.20. The lowest BCUT2D eigenvalue weighted by molar-refractivity contribution is 0.507. The maximum atomic E-state index is 13.6. The second-order valence-corrected chi connectivity index (χ2v) is 8.10. The fourth-order valence-corrected chi connectivity index (χ4v) is 4.35.